The fourth-order valence-corrected chi connectivity index (χ4v) is 5.09. The molecule has 0 amide bonds. The number of fused-ring (bicyclic) bond motifs is 4. The Morgan fingerprint density at radius 2 is 1.11 bits per heavy atom. The van der Waals surface area contributed by atoms with E-state index >= 15 is 0 Å². The van der Waals surface area contributed by atoms with Crippen molar-refractivity contribution in [1.29, 1.82) is 0 Å². The molecule has 0 saturated heterocycles. The van der Waals surface area contributed by atoms with Gasteiger partial charge >= 0.3 is 0 Å². The maximum Gasteiger partial charge on any atom is 0.156 e. The van der Waals surface area contributed by atoms with Crippen LogP contribution in [-0.2, 0) is 0 Å². The molecule has 36 heavy (non-hydrogen) atoms. The maximum absolute atomic E-state index is 6.61. The maximum atomic E-state index is 6.61. The predicted octanol–water partition coefficient (Wildman–Crippen LogP) is 9.18. The summed E-state index contributed by atoms with van der Waals surface area (Å²) in [7, 11) is 0. The summed E-state index contributed by atoms with van der Waals surface area (Å²) in [6, 6.07) is 39.0. The second-order valence-electron chi connectivity index (χ2n) is 8.79. The van der Waals surface area contributed by atoms with Crippen LogP contribution in [0.2, 0.25) is 5.15 Å². The molecule has 7 rings (SSSR count). The molecule has 0 N–H and O–H groups in total. The van der Waals surface area contributed by atoms with Gasteiger partial charge < -0.3 is 4.42 Å². The summed E-state index contributed by atoms with van der Waals surface area (Å²) in [5, 5.41) is 2.62. The minimum atomic E-state index is 0.393. The van der Waals surface area contributed by atoms with Gasteiger partial charge in [0.15, 0.2) is 5.15 Å². The Labute approximate surface area is 212 Å². The minimum absolute atomic E-state index is 0.393. The highest BCUT2D eigenvalue weighted by atomic mass is 35.5. The lowest BCUT2D eigenvalue weighted by Crippen LogP contribution is -1.94. The van der Waals surface area contributed by atoms with Crippen LogP contribution in [0.25, 0.3) is 66.5 Å². The van der Waals surface area contributed by atoms with Gasteiger partial charge in [0.2, 0.25) is 0 Å². The number of aromatic nitrogens is 2. The van der Waals surface area contributed by atoms with E-state index in [1.807, 2.05) is 66.7 Å². The quantitative estimate of drug-likeness (QED) is 0.252. The fourth-order valence-electron chi connectivity index (χ4n) is 4.85. The molecule has 7 aromatic rings. The van der Waals surface area contributed by atoms with E-state index in [0.29, 0.717) is 10.8 Å². The van der Waals surface area contributed by atoms with E-state index in [0.717, 1.165) is 60.8 Å². The lowest BCUT2D eigenvalue weighted by Gasteiger charge is -2.13. The van der Waals surface area contributed by atoms with Crippen LogP contribution in [0.4, 0.5) is 0 Å². The first-order valence-electron chi connectivity index (χ1n) is 11.8. The van der Waals surface area contributed by atoms with Gasteiger partial charge in [-0.1, -0.05) is 96.5 Å². The number of hydrogen-bond donors (Lipinski definition) is 0. The molecule has 4 heteroatoms. The van der Waals surface area contributed by atoms with Gasteiger partial charge in [-0.15, -0.1) is 0 Å². The molecule has 3 nitrogen and oxygen atoms in total. The van der Waals surface area contributed by atoms with Crippen molar-refractivity contribution in [3.05, 3.63) is 120 Å². The molecule has 0 radical (unpaired) electrons. The second-order valence-corrected chi connectivity index (χ2v) is 9.15. The summed E-state index contributed by atoms with van der Waals surface area (Å²) in [6.07, 6.45) is 0. The summed E-state index contributed by atoms with van der Waals surface area (Å²) < 4.78 is 6.19. The van der Waals surface area contributed by atoms with Gasteiger partial charge in [-0.05, 0) is 52.6 Å². The topological polar surface area (TPSA) is 38.9 Å². The molecule has 2 heterocycles. The summed E-state index contributed by atoms with van der Waals surface area (Å²) in [4.78, 5) is 9.68. The van der Waals surface area contributed by atoms with E-state index < -0.39 is 0 Å². The van der Waals surface area contributed by atoms with Crippen LogP contribution in [0.5, 0.6) is 0 Å². The van der Waals surface area contributed by atoms with Gasteiger partial charge in [-0.2, -0.15) is 0 Å². The summed E-state index contributed by atoms with van der Waals surface area (Å²) in [6.45, 7) is 0. The number of benzene rings is 5. The standard InChI is InChI=1S/C32H19ClN2O/c33-32-31(21-11-5-2-6-12-21)34-27-19-26(25(18-28(27)35-32)20-9-3-1-4-10-20)22-15-16-24-23-13-7-8-14-29(23)36-30(24)17-22/h1-19H. The van der Waals surface area contributed by atoms with Crippen LogP contribution in [0.3, 0.4) is 0 Å². The molecule has 2 aromatic heterocycles. The SMILES string of the molecule is Clc1nc2cc(-c3ccccc3)c(-c3ccc4c(c3)oc3ccccc34)cc2nc1-c1ccccc1. The molecule has 0 fully saturated rings. The van der Waals surface area contributed by atoms with Crippen molar-refractivity contribution in [1.82, 2.24) is 9.97 Å². The Kier molecular flexibility index (Phi) is 4.83. The zero-order valence-electron chi connectivity index (χ0n) is 19.2. The molecule has 0 atom stereocenters. The van der Waals surface area contributed by atoms with Crippen molar-refractivity contribution in [3.63, 3.8) is 0 Å². The van der Waals surface area contributed by atoms with Gasteiger partial charge in [0.05, 0.1) is 11.0 Å². The van der Waals surface area contributed by atoms with Gasteiger partial charge in [0.25, 0.3) is 0 Å². The molecule has 0 bridgehead atoms. The molecule has 170 valence electrons. The number of halogens is 1. The van der Waals surface area contributed by atoms with Crippen LogP contribution in [-0.4, -0.2) is 9.97 Å². The Morgan fingerprint density at radius 3 is 1.89 bits per heavy atom. The van der Waals surface area contributed by atoms with Crippen LogP contribution in [0.1, 0.15) is 0 Å². The van der Waals surface area contributed by atoms with Gasteiger partial charge in [0, 0.05) is 16.3 Å². The summed E-state index contributed by atoms with van der Waals surface area (Å²) in [5.41, 5.74) is 9.20. The molecule has 0 spiro atoms. The van der Waals surface area contributed by atoms with Crippen molar-refractivity contribution in [3.8, 4) is 33.5 Å². The first-order valence-corrected chi connectivity index (χ1v) is 12.2. The zero-order chi connectivity index (χ0) is 24.1. The molecule has 5 aromatic carbocycles. The van der Waals surface area contributed by atoms with Crippen molar-refractivity contribution < 1.29 is 4.42 Å². The number of nitrogens with zero attached hydrogens (tertiary/aromatic N) is 2. The third-order valence-electron chi connectivity index (χ3n) is 6.58. The van der Waals surface area contributed by atoms with Crippen molar-refractivity contribution in [2.24, 2.45) is 0 Å². The van der Waals surface area contributed by atoms with Crippen LogP contribution in [0.15, 0.2) is 120 Å². The molecule has 0 aliphatic heterocycles. The fraction of sp³-hybridized carbons (Fsp3) is 0. The van der Waals surface area contributed by atoms with Crippen LogP contribution in [0, 0.1) is 0 Å². The molecule has 0 saturated carbocycles. The van der Waals surface area contributed by atoms with Gasteiger partial charge in [-0.3, -0.25) is 0 Å². The van der Waals surface area contributed by atoms with E-state index in [-0.39, 0.29) is 0 Å². The molecule has 0 aliphatic rings. The van der Waals surface area contributed by atoms with Crippen molar-refractivity contribution in [2.45, 2.75) is 0 Å². The average molecular weight is 483 g/mol. The van der Waals surface area contributed by atoms with Gasteiger partial charge in [-0.25, -0.2) is 9.97 Å². The molecular formula is C32H19ClN2O. The highest BCUT2D eigenvalue weighted by Crippen LogP contribution is 2.39. The largest absolute Gasteiger partial charge is 0.456 e. The highest BCUT2D eigenvalue weighted by molar-refractivity contribution is 6.32. The third kappa shape index (κ3) is 3.44. The summed E-state index contributed by atoms with van der Waals surface area (Å²) >= 11 is 6.61. The highest BCUT2D eigenvalue weighted by Gasteiger charge is 2.16. The number of rotatable bonds is 3. The number of hydrogen-bond acceptors (Lipinski definition) is 3. The average Bonchev–Trinajstić information content (AvgIpc) is 3.31. The third-order valence-corrected chi connectivity index (χ3v) is 6.85. The Hall–Kier alpha value is -4.47. The molecular weight excluding hydrogens is 464 g/mol. The number of para-hydroxylation sites is 1. The Balaban J connectivity index is 1.49. The van der Waals surface area contributed by atoms with E-state index in [1.54, 1.807) is 0 Å². The van der Waals surface area contributed by atoms with E-state index in [2.05, 4.69) is 48.5 Å². The van der Waals surface area contributed by atoms with E-state index in [1.165, 1.54) is 0 Å². The van der Waals surface area contributed by atoms with Crippen molar-refractivity contribution in [2.75, 3.05) is 0 Å². The monoisotopic (exact) mass is 482 g/mol. The normalized spacial score (nSPS) is 11.5. The first kappa shape index (κ1) is 20.9. The van der Waals surface area contributed by atoms with Crippen LogP contribution < -0.4 is 0 Å². The lowest BCUT2D eigenvalue weighted by atomic mass is 9.93. The van der Waals surface area contributed by atoms with Crippen molar-refractivity contribution >= 4 is 44.6 Å². The second kappa shape index (κ2) is 8.33. The summed E-state index contributed by atoms with van der Waals surface area (Å²) in [5.74, 6) is 0. The van der Waals surface area contributed by atoms with Crippen LogP contribution >= 0.6 is 11.6 Å². The molecule has 0 aliphatic carbocycles. The lowest BCUT2D eigenvalue weighted by molar-refractivity contribution is 0.669. The van der Waals surface area contributed by atoms with E-state index in [9.17, 15) is 0 Å². The Bertz CT molecular complexity index is 1890. The first-order chi connectivity index (χ1) is 17.7. The number of furan rings is 1. The molecule has 0 unspecified atom stereocenters. The predicted molar refractivity (Wildman–Crippen MR) is 148 cm³/mol. The minimum Gasteiger partial charge on any atom is -0.456 e. The van der Waals surface area contributed by atoms with Gasteiger partial charge in [0.1, 0.15) is 16.9 Å². The zero-order valence-corrected chi connectivity index (χ0v) is 19.9. The van der Waals surface area contributed by atoms with E-state index in [4.69, 9.17) is 26.0 Å². The smallest absolute Gasteiger partial charge is 0.156 e. The Morgan fingerprint density at radius 1 is 0.500 bits per heavy atom.